The molecular weight excluding hydrogens is 321 g/mol. The molecule has 1 saturated heterocycles. The van der Waals surface area contributed by atoms with Crippen LogP contribution in [0.1, 0.15) is 12.5 Å². The molecular formula is C19H22FN3O2. The van der Waals surface area contributed by atoms with E-state index >= 15 is 0 Å². The molecule has 0 saturated carbocycles. The van der Waals surface area contributed by atoms with Crippen molar-refractivity contribution in [1.82, 2.24) is 5.32 Å². The van der Waals surface area contributed by atoms with Crippen LogP contribution >= 0.6 is 0 Å². The van der Waals surface area contributed by atoms with Crippen LogP contribution in [0.3, 0.4) is 0 Å². The van der Waals surface area contributed by atoms with Gasteiger partial charge in [-0.3, -0.25) is 4.79 Å². The number of anilines is 1. The predicted octanol–water partition coefficient (Wildman–Crippen LogP) is 2.25. The van der Waals surface area contributed by atoms with Gasteiger partial charge in [-0.2, -0.15) is 0 Å². The van der Waals surface area contributed by atoms with Crippen LogP contribution < -0.4 is 16.0 Å². The molecule has 25 heavy (non-hydrogen) atoms. The third kappa shape index (κ3) is 4.15. The molecule has 1 aliphatic heterocycles. The lowest BCUT2D eigenvalue weighted by molar-refractivity contribution is -0.119. The van der Waals surface area contributed by atoms with Gasteiger partial charge in [0.1, 0.15) is 12.5 Å². The van der Waals surface area contributed by atoms with Crippen molar-refractivity contribution in [2.75, 3.05) is 24.7 Å². The minimum absolute atomic E-state index is 0.0851. The summed E-state index contributed by atoms with van der Waals surface area (Å²) in [5.41, 5.74) is 8.75. The average molecular weight is 343 g/mol. The zero-order valence-corrected chi connectivity index (χ0v) is 14.2. The number of carbonyl (C=O) groups excluding carboxylic acids is 1. The van der Waals surface area contributed by atoms with E-state index in [4.69, 9.17) is 10.5 Å². The lowest BCUT2D eigenvalue weighted by Gasteiger charge is -2.17. The van der Waals surface area contributed by atoms with Crippen molar-refractivity contribution in [1.29, 1.82) is 0 Å². The first kappa shape index (κ1) is 17.4. The van der Waals surface area contributed by atoms with Crippen molar-refractivity contribution in [2.24, 2.45) is 5.73 Å². The molecule has 0 spiro atoms. The Morgan fingerprint density at radius 3 is 2.72 bits per heavy atom. The minimum atomic E-state index is -0.275. The monoisotopic (exact) mass is 343 g/mol. The summed E-state index contributed by atoms with van der Waals surface area (Å²) in [6.07, 6.45) is -0.0876. The van der Waals surface area contributed by atoms with Crippen molar-refractivity contribution < 1.29 is 13.9 Å². The second-order valence-corrected chi connectivity index (χ2v) is 6.14. The van der Waals surface area contributed by atoms with Crippen LogP contribution in [0.15, 0.2) is 42.5 Å². The average Bonchev–Trinajstić information content (AvgIpc) is 3.09. The van der Waals surface area contributed by atoms with Gasteiger partial charge in [0.05, 0.1) is 6.10 Å². The number of nitrogens with zero attached hydrogens (tertiary/aromatic N) is 1. The Balaban J connectivity index is 1.70. The van der Waals surface area contributed by atoms with Gasteiger partial charge < -0.3 is 20.7 Å². The Labute approximate surface area is 146 Å². The van der Waals surface area contributed by atoms with Crippen LogP contribution in [0.25, 0.3) is 11.1 Å². The summed E-state index contributed by atoms with van der Waals surface area (Å²) >= 11 is 0. The number of hydrogen-bond donors (Lipinski definition) is 2. The van der Waals surface area contributed by atoms with Crippen LogP contribution in [0, 0.1) is 5.82 Å². The van der Waals surface area contributed by atoms with E-state index in [0.717, 1.165) is 16.8 Å². The minimum Gasteiger partial charge on any atom is -0.354 e. The molecule has 2 aromatic rings. The summed E-state index contributed by atoms with van der Waals surface area (Å²) < 4.78 is 20.2. The normalized spacial score (nSPS) is 16.9. The first-order valence-corrected chi connectivity index (χ1v) is 8.26. The summed E-state index contributed by atoms with van der Waals surface area (Å²) in [5, 5.41) is 2.74. The standard InChI is InChI=1S/C19H22FN3O2/c1-13(24)22-10-17-11-23(12-25-17)16-6-7-18(19(20)8-16)15-4-2-14(9-21)3-5-15/h2-8,17H,9-12,21H2,1H3,(H,22,24)/t17-/m0/s1. The van der Waals surface area contributed by atoms with E-state index in [1.807, 2.05) is 35.2 Å². The lowest BCUT2D eigenvalue weighted by atomic mass is 10.0. The molecule has 6 heteroatoms. The lowest BCUT2D eigenvalue weighted by Crippen LogP contribution is -2.33. The molecule has 0 unspecified atom stereocenters. The Morgan fingerprint density at radius 1 is 1.32 bits per heavy atom. The van der Waals surface area contributed by atoms with Crippen molar-refractivity contribution in [3.05, 3.63) is 53.8 Å². The maximum Gasteiger partial charge on any atom is 0.216 e. The highest BCUT2D eigenvalue weighted by molar-refractivity contribution is 5.72. The van der Waals surface area contributed by atoms with Crippen LogP contribution in [0.4, 0.5) is 10.1 Å². The van der Waals surface area contributed by atoms with Crippen LogP contribution in [-0.2, 0) is 16.1 Å². The molecule has 1 atom stereocenters. The molecule has 3 N–H and O–H groups in total. The van der Waals surface area contributed by atoms with E-state index < -0.39 is 0 Å². The van der Waals surface area contributed by atoms with Gasteiger partial charge in [-0.15, -0.1) is 0 Å². The molecule has 132 valence electrons. The number of carbonyl (C=O) groups is 1. The smallest absolute Gasteiger partial charge is 0.216 e. The predicted molar refractivity (Wildman–Crippen MR) is 95.5 cm³/mol. The summed E-state index contributed by atoms with van der Waals surface area (Å²) in [4.78, 5) is 12.9. The van der Waals surface area contributed by atoms with Gasteiger partial charge in [0.15, 0.2) is 0 Å². The van der Waals surface area contributed by atoms with E-state index in [-0.39, 0.29) is 17.8 Å². The zero-order valence-electron chi connectivity index (χ0n) is 14.2. The zero-order chi connectivity index (χ0) is 17.8. The number of hydrogen-bond acceptors (Lipinski definition) is 4. The van der Waals surface area contributed by atoms with Gasteiger partial charge in [0, 0.05) is 37.8 Å². The fourth-order valence-corrected chi connectivity index (χ4v) is 2.86. The van der Waals surface area contributed by atoms with Crippen molar-refractivity contribution >= 4 is 11.6 Å². The second kappa shape index (κ2) is 7.63. The summed E-state index contributed by atoms with van der Waals surface area (Å²) in [7, 11) is 0. The van der Waals surface area contributed by atoms with Gasteiger partial charge >= 0.3 is 0 Å². The second-order valence-electron chi connectivity index (χ2n) is 6.14. The number of amides is 1. The molecule has 0 bridgehead atoms. The number of ether oxygens (including phenoxy) is 1. The van der Waals surface area contributed by atoms with Crippen molar-refractivity contribution in [3.8, 4) is 11.1 Å². The first-order chi connectivity index (χ1) is 12.1. The van der Waals surface area contributed by atoms with Gasteiger partial charge in [0.2, 0.25) is 5.91 Å². The third-order valence-electron chi connectivity index (χ3n) is 4.29. The highest BCUT2D eigenvalue weighted by Gasteiger charge is 2.24. The summed E-state index contributed by atoms with van der Waals surface area (Å²) in [6, 6.07) is 12.8. The van der Waals surface area contributed by atoms with E-state index in [1.54, 1.807) is 6.07 Å². The molecule has 1 amide bonds. The maximum absolute atomic E-state index is 14.6. The molecule has 0 aromatic heterocycles. The summed E-state index contributed by atoms with van der Waals surface area (Å²) in [6.45, 7) is 3.40. The van der Waals surface area contributed by atoms with E-state index in [2.05, 4.69) is 5.32 Å². The van der Waals surface area contributed by atoms with E-state index in [1.165, 1.54) is 13.0 Å². The van der Waals surface area contributed by atoms with Crippen LogP contribution in [-0.4, -0.2) is 31.8 Å². The summed E-state index contributed by atoms with van der Waals surface area (Å²) in [5.74, 6) is -0.360. The fraction of sp³-hybridized carbons (Fsp3) is 0.316. The molecule has 5 nitrogen and oxygen atoms in total. The number of halogens is 1. The third-order valence-corrected chi connectivity index (χ3v) is 4.29. The van der Waals surface area contributed by atoms with Gasteiger partial charge in [-0.1, -0.05) is 24.3 Å². The van der Waals surface area contributed by atoms with E-state index in [9.17, 15) is 9.18 Å². The van der Waals surface area contributed by atoms with Crippen molar-refractivity contribution in [3.63, 3.8) is 0 Å². The molecule has 0 aliphatic carbocycles. The molecule has 2 aromatic carbocycles. The molecule has 0 radical (unpaired) electrons. The van der Waals surface area contributed by atoms with Gasteiger partial charge in [0.25, 0.3) is 0 Å². The van der Waals surface area contributed by atoms with Crippen LogP contribution in [0.2, 0.25) is 0 Å². The highest BCUT2D eigenvalue weighted by atomic mass is 19.1. The largest absolute Gasteiger partial charge is 0.354 e. The SMILES string of the molecule is CC(=O)NC[C@H]1CN(c2ccc(-c3ccc(CN)cc3)c(F)c2)CO1. The molecule has 1 heterocycles. The Morgan fingerprint density at radius 2 is 2.08 bits per heavy atom. The van der Waals surface area contributed by atoms with E-state index in [0.29, 0.717) is 31.9 Å². The Bertz CT molecular complexity index is 749. The van der Waals surface area contributed by atoms with Crippen LogP contribution in [0.5, 0.6) is 0 Å². The highest BCUT2D eigenvalue weighted by Crippen LogP contribution is 2.28. The van der Waals surface area contributed by atoms with Crippen molar-refractivity contribution in [2.45, 2.75) is 19.6 Å². The number of benzene rings is 2. The fourth-order valence-electron chi connectivity index (χ4n) is 2.86. The quantitative estimate of drug-likeness (QED) is 0.874. The molecule has 1 aliphatic rings. The maximum atomic E-state index is 14.6. The van der Waals surface area contributed by atoms with Gasteiger partial charge in [-0.05, 0) is 29.3 Å². The Hall–Kier alpha value is -2.44. The molecule has 1 fully saturated rings. The number of nitrogens with two attached hydrogens (primary N) is 1. The van der Waals surface area contributed by atoms with Gasteiger partial charge in [-0.25, -0.2) is 4.39 Å². The number of rotatable bonds is 5. The Kier molecular flexibility index (Phi) is 5.31. The topological polar surface area (TPSA) is 67.6 Å². The first-order valence-electron chi connectivity index (χ1n) is 8.26. The number of nitrogens with one attached hydrogen (secondary N) is 1. The molecule has 3 rings (SSSR count).